The van der Waals surface area contributed by atoms with Gasteiger partial charge in [0.1, 0.15) is 0 Å². The van der Waals surface area contributed by atoms with Gasteiger partial charge in [0.2, 0.25) is 0 Å². The Balaban J connectivity index is 1.69. The van der Waals surface area contributed by atoms with Crippen molar-refractivity contribution in [1.82, 2.24) is 5.32 Å². The third-order valence-electron chi connectivity index (χ3n) is 5.00. The highest BCUT2D eigenvalue weighted by atomic mass is 32.1. The van der Waals surface area contributed by atoms with Gasteiger partial charge in [0.05, 0.1) is 0 Å². The summed E-state index contributed by atoms with van der Waals surface area (Å²) in [5, 5.41) is 3.52. The van der Waals surface area contributed by atoms with Crippen LogP contribution in [0.5, 0.6) is 0 Å². The van der Waals surface area contributed by atoms with Crippen LogP contribution in [-0.4, -0.2) is 7.05 Å². The van der Waals surface area contributed by atoms with Crippen molar-refractivity contribution in [3.63, 3.8) is 0 Å². The van der Waals surface area contributed by atoms with Crippen LogP contribution in [0.4, 0.5) is 0 Å². The van der Waals surface area contributed by atoms with Gasteiger partial charge in [-0.05, 0) is 80.3 Å². The first-order chi connectivity index (χ1) is 10.4. The maximum absolute atomic E-state index is 3.52. The van der Waals surface area contributed by atoms with Crippen molar-refractivity contribution in [2.45, 2.75) is 44.6 Å². The molecule has 1 N–H and O–H groups in total. The molecule has 1 aromatic heterocycles. The molecule has 2 aliphatic carbocycles. The lowest BCUT2D eigenvalue weighted by Crippen LogP contribution is -2.16. The summed E-state index contributed by atoms with van der Waals surface area (Å²) in [6.07, 6.45) is 8.01. The van der Waals surface area contributed by atoms with Crippen LogP contribution in [0.25, 0.3) is 10.4 Å². The van der Waals surface area contributed by atoms with Crippen molar-refractivity contribution in [1.29, 1.82) is 0 Å². The Morgan fingerprint density at radius 3 is 2.76 bits per heavy atom. The average molecular weight is 297 g/mol. The van der Waals surface area contributed by atoms with E-state index in [1.165, 1.54) is 53.8 Å². The van der Waals surface area contributed by atoms with Crippen molar-refractivity contribution in [2.24, 2.45) is 5.92 Å². The highest BCUT2D eigenvalue weighted by Crippen LogP contribution is 2.44. The number of rotatable bonds is 4. The molecule has 0 radical (unpaired) electrons. The largest absolute Gasteiger partial charge is 0.312 e. The highest BCUT2D eigenvalue weighted by molar-refractivity contribution is 7.15. The van der Waals surface area contributed by atoms with E-state index >= 15 is 0 Å². The fraction of sp³-hybridized carbons (Fsp3) is 0.474. The van der Waals surface area contributed by atoms with E-state index in [4.69, 9.17) is 0 Å². The fourth-order valence-corrected chi connectivity index (χ4v) is 4.98. The molecule has 1 atom stereocenters. The van der Waals surface area contributed by atoms with Gasteiger partial charge in [0, 0.05) is 15.8 Å². The molecule has 2 aromatic rings. The summed E-state index contributed by atoms with van der Waals surface area (Å²) >= 11 is 2.00. The van der Waals surface area contributed by atoms with Gasteiger partial charge < -0.3 is 5.32 Å². The third-order valence-corrected chi connectivity index (χ3v) is 6.20. The molecule has 110 valence electrons. The first-order valence-electron chi connectivity index (χ1n) is 8.25. The van der Waals surface area contributed by atoms with E-state index in [1.54, 1.807) is 11.1 Å². The van der Waals surface area contributed by atoms with Crippen molar-refractivity contribution in [3.8, 4) is 10.4 Å². The number of fused-ring (bicyclic) bond motifs is 1. The lowest BCUT2D eigenvalue weighted by atomic mass is 9.88. The third kappa shape index (κ3) is 2.56. The minimum absolute atomic E-state index is 0.572. The normalized spacial score (nSPS) is 19.3. The zero-order valence-electron chi connectivity index (χ0n) is 12.7. The molecule has 2 aliphatic rings. The van der Waals surface area contributed by atoms with Crippen LogP contribution in [-0.2, 0) is 12.8 Å². The van der Waals surface area contributed by atoms with E-state index in [9.17, 15) is 0 Å². The van der Waals surface area contributed by atoms with Gasteiger partial charge in [-0.25, -0.2) is 0 Å². The highest BCUT2D eigenvalue weighted by Gasteiger charge is 2.32. The van der Waals surface area contributed by atoms with Crippen molar-refractivity contribution >= 4 is 11.3 Å². The van der Waals surface area contributed by atoms with Crippen molar-refractivity contribution < 1.29 is 0 Å². The molecule has 1 unspecified atom stereocenters. The number of nitrogens with one attached hydrogen (secondary N) is 1. The topological polar surface area (TPSA) is 12.0 Å². The summed E-state index contributed by atoms with van der Waals surface area (Å²) < 4.78 is 0. The van der Waals surface area contributed by atoms with Gasteiger partial charge in [0.25, 0.3) is 0 Å². The second-order valence-corrected chi connectivity index (χ2v) is 7.57. The van der Waals surface area contributed by atoms with Crippen LogP contribution < -0.4 is 5.32 Å². The Kier molecular flexibility index (Phi) is 3.60. The van der Waals surface area contributed by atoms with Crippen LogP contribution in [0, 0.1) is 5.92 Å². The Labute approximate surface area is 131 Å². The average Bonchev–Trinajstić information content (AvgIpc) is 3.25. The second kappa shape index (κ2) is 5.58. The van der Waals surface area contributed by atoms with Crippen molar-refractivity contribution in [2.75, 3.05) is 7.05 Å². The smallest absolute Gasteiger partial charge is 0.0441 e. The SMILES string of the molecule is CNC(c1ccc(-c2cccc3c2CCCC3)s1)C1CC1. The Bertz CT molecular complexity index is 639. The van der Waals surface area contributed by atoms with Crippen molar-refractivity contribution in [3.05, 3.63) is 46.3 Å². The van der Waals surface area contributed by atoms with E-state index in [1.807, 2.05) is 11.3 Å². The molecule has 2 heteroatoms. The van der Waals surface area contributed by atoms with E-state index in [-0.39, 0.29) is 0 Å². The quantitative estimate of drug-likeness (QED) is 0.840. The molecule has 1 aromatic carbocycles. The van der Waals surface area contributed by atoms with Crippen LogP contribution >= 0.6 is 11.3 Å². The first kappa shape index (κ1) is 13.5. The van der Waals surface area contributed by atoms with Gasteiger partial charge >= 0.3 is 0 Å². The number of thiophene rings is 1. The standard InChI is InChI=1S/C19H23NS/c1-20-19(14-9-10-14)18-12-11-17(21-18)16-8-4-6-13-5-2-3-7-15(13)16/h4,6,8,11-12,14,19-20H,2-3,5,7,9-10H2,1H3. The zero-order chi connectivity index (χ0) is 14.2. The molecule has 0 saturated heterocycles. The van der Waals surface area contributed by atoms with Crippen LogP contribution in [0.1, 0.15) is 47.7 Å². The molecule has 21 heavy (non-hydrogen) atoms. The van der Waals surface area contributed by atoms with E-state index in [0.717, 1.165) is 5.92 Å². The maximum Gasteiger partial charge on any atom is 0.0441 e. The molecule has 0 spiro atoms. The molecular formula is C19H23NS. The number of hydrogen-bond donors (Lipinski definition) is 1. The summed E-state index contributed by atoms with van der Waals surface area (Å²) in [6.45, 7) is 0. The molecule has 0 aliphatic heterocycles. The number of aryl methyl sites for hydroxylation is 1. The summed E-state index contributed by atoms with van der Waals surface area (Å²) in [7, 11) is 2.10. The van der Waals surface area contributed by atoms with Crippen LogP contribution in [0.3, 0.4) is 0 Å². The van der Waals surface area contributed by atoms with Gasteiger partial charge in [-0.1, -0.05) is 18.2 Å². The molecule has 0 bridgehead atoms. The molecule has 0 amide bonds. The zero-order valence-corrected chi connectivity index (χ0v) is 13.5. The van der Waals surface area contributed by atoms with Crippen LogP contribution in [0.15, 0.2) is 30.3 Å². The van der Waals surface area contributed by atoms with Crippen LogP contribution in [0.2, 0.25) is 0 Å². The minimum atomic E-state index is 0.572. The summed E-state index contributed by atoms with van der Waals surface area (Å²) in [4.78, 5) is 2.98. The number of benzene rings is 1. The lowest BCUT2D eigenvalue weighted by molar-refractivity contribution is 0.537. The predicted octanol–water partition coefficient (Wildman–Crippen LogP) is 4.96. The van der Waals surface area contributed by atoms with Gasteiger partial charge in [-0.2, -0.15) is 0 Å². The maximum atomic E-state index is 3.52. The fourth-order valence-electron chi connectivity index (χ4n) is 3.72. The molecule has 1 nitrogen and oxygen atoms in total. The minimum Gasteiger partial charge on any atom is -0.312 e. The Morgan fingerprint density at radius 2 is 1.95 bits per heavy atom. The Hall–Kier alpha value is -1.12. The van der Waals surface area contributed by atoms with E-state index in [2.05, 4.69) is 42.7 Å². The molecular weight excluding hydrogens is 274 g/mol. The monoisotopic (exact) mass is 297 g/mol. The number of hydrogen-bond acceptors (Lipinski definition) is 2. The van der Waals surface area contributed by atoms with Gasteiger partial charge in [0.15, 0.2) is 0 Å². The van der Waals surface area contributed by atoms with Gasteiger partial charge in [-0.3, -0.25) is 0 Å². The second-order valence-electron chi connectivity index (χ2n) is 6.46. The predicted molar refractivity (Wildman–Crippen MR) is 90.9 cm³/mol. The van der Waals surface area contributed by atoms with E-state index in [0.29, 0.717) is 6.04 Å². The molecule has 4 rings (SSSR count). The Morgan fingerprint density at radius 1 is 1.10 bits per heavy atom. The molecule has 1 fully saturated rings. The first-order valence-corrected chi connectivity index (χ1v) is 9.06. The van der Waals surface area contributed by atoms with E-state index < -0.39 is 0 Å². The lowest BCUT2D eigenvalue weighted by Gasteiger charge is -2.18. The summed E-state index contributed by atoms with van der Waals surface area (Å²) in [5.41, 5.74) is 4.69. The molecule has 1 heterocycles. The molecule has 1 saturated carbocycles. The van der Waals surface area contributed by atoms with Gasteiger partial charge in [-0.15, -0.1) is 11.3 Å². The summed E-state index contributed by atoms with van der Waals surface area (Å²) in [6, 6.07) is 12.2. The summed E-state index contributed by atoms with van der Waals surface area (Å²) in [5.74, 6) is 0.867.